The van der Waals surface area contributed by atoms with E-state index in [0.29, 0.717) is 18.7 Å². The maximum atomic E-state index is 12.3. The summed E-state index contributed by atoms with van der Waals surface area (Å²) in [5.74, 6) is -0.214. The summed E-state index contributed by atoms with van der Waals surface area (Å²) < 4.78 is 0. The average Bonchev–Trinajstić information content (AvgIpc) is 2.40. The molecular formula is C17H22N2O2. The number of nitrogens with one attached hydrogen (secondary N) is 2. The Labute approximate surface area is 125 Å². The van der Waals surface area contributed by atoms with E-state index in [1.54, 1.807) is 0 Å². The molecule has 4 heteroatoms. The number of amides is 1. The van der Waals surface area contributed by atoms with Gasteiger partial charge in [0, 0.05) is 25.6 Å². The van der Waals surface area contributed by atoms with Gasteiger partial charge in [-0.15, -0.1) is 0 Å². The Bertz CT molecular complexity index is 574. The Morgan fingerprint density at radius 2 is 1.86 bits per heavy atom. The molecule has 1 amide bonds. The molecule has 0 saturated heterocycles. The van der Waals surface area contributed by atoms with Crippen LogP contribution >= 0.6 is 0 Å². The molecule has 0 aliphatic heterocycles. The first-order chi connectivity index (χ1) is 9.87. The van der Waals surface area contributed by atoms with E-state index >= 15 is 0 Å². The van der Waals surface area contributed by atoms with Gasteiger partial charge in [-0.25, -0.2) is 0 Å². The Kier molecular flexibility index (Phi) is 4.46. The topological polar surface area (TPSA) is 58.2 Å². The molecule has 0 spiro atoms. The number of carbonyl (C=O) groups excluding carboxylic acids is 2. The second-order valence-corrected chi connectivity index (χ2v) is 6.31. The highest BCUT2D eigenvalue weighted by Crippen LogP contribution is 2.35. The molecule has 1 aromatic rings. The lowest BCUT2D eigenvalue weighted by atomic mass is 9.77. The summed E-state index contributed by atoms with van der Waals surface area (Å²) in [5.41, 5.74) is 2.31. The van der Waals surface area contributed by atoms with Gasteiger partial charge in [-0.3, -0.25) is 9.59 Å². The highest BCUT2D eigenvalue weighted by atomic mass is 16.2. The molecule has 4 nitrogen and oxygen atoms in total. The molecule has 1 aliphatic carbocycles. The lowest BCUT2D eigenvalue weighted by molar-refractivity contribution is -0.123. The van der Waals surface area contributed by atoms with Crippen LogP contribution in [0, 0.1) is 5.41 Å². The lowest BCUT2D eigenvalue weighted by Gasteiger charge is -2.32. The highest BCUT2D eigenvalue weighted by molar-refractivity contribution is 6.00. The van der Waals surface area contributed by atoms with E-state index in [4.69, 9.17) is 0 Å². The first-order valence-electron chi connectivity index (χ1n) is 7.19. The Morgan fingerprint density at radius 3 is 2.48 bits per heavy atom. The molecule has 0 heterocycles. The summed E-state index contributed by atoms with van der Waals surface area (Å²) in [7, 11) is 0. The fraction of sp³-hybridized carbons (Fsp3) is 0.412. The van der Waals surface area contributed by atoms with E-state index in [2.05, 4.69) is 24.5 Å². The van der Waals surface area contributed by atoms with Crippen molar-refractivity contribution in [1.29, 1.82) is 0 Å². The summed E-state index contributed by atoms with van der Waals surface area (Å²) in [4.78, 5) is 23.6. The van der Waals surface area contributed by atoms with Gasteiger partial charge in [0.15, 0.2) is 5.78 Å². The van der Waals surface area contributed by atoms with Gasteiger partial charge in [0.05, 0.1) is 0 Å². The van der Waals surface area contributed by atoms with Crippen LogP contribution in [0.4, 0.5) is 0 Å². The van der Waals surface area contributed by atoms with Crippen molar-refractivity contribution in [3.05, 3.63) is 47.3 Å². The van der Waals surface area contributed by atoms with E-state index in [1.165, 1.54) is 6.92 Å². The molecule has 2 N–H and O–H groups in total. The molecule has 0 aromatic heterocycles. The number of allylic oxidation sites excluding steroid dienone is 2. The predicted octanol–water partition coefficient (Wildman–Crippen LogP) is 2.51. The summed E-state index contributed by atoms with van der Waals surface area (Å²) in [6.07, 6.45) is 1.21. The van der Waals surface area contributed by atoms with Crippen molar-refractivity contribution in [1.82, 2.24) is 10.6 Å². The first-order valence-corrected chi connectivity index (χ1v) is 7.19. The van der Waals surface area contributed by atoms with Gasteiger partial charge in [0.25, 0.3) is 0 Å². The zero-order valence-corrected chi connectivity index (χ0v) is 12.8. The van der Waals surface area contributed by atoms with E-state index in [-0.39, 0.29) is 17.1 Å². The quantitative estimate of drug-likeness (QED) is 0.894. The van der Waals surface area contributed by atoms with Gasteiger partial charge in [-0.05, 0) is 17.4 Å². The van der Waals surface area contributed by atoms with Gasteiger partial charge < -0.3 is 10.6 Å². The zero-order chi connectivity index (χ0) is 15.5. The van der Waals surface area contributed by atoms with Crippen molar-refractivity contribution in [2.45, 2.75) is 40.2 Å². The fourth-order valence-electron chi connectivity index (χ4n) is 2.60. The minimum atomic E-state index is -0.211. The van der Waals surface area contributed by atoms with Crippen LogP contribution in [0.25, 0.3) is 0 Å². The molecule has 0 atom stereocenters. The van der Waals surface area contributed by atoms with Gasteiger partial charge in [-0.1, -0.05) is 44.2 Å². The fourth-order valence-corrected chi connectivity index (χ4v) is 2.60. The van der Waals surface area contributed by atoms with Crippen LogP contribution in [0.3, 0.4) is 0 Å². The number of hydrogen-bond donors (Lipinski definition) is 2. The Hall–Kier alpha value is -2.10. The molecule has 112 valence electrons. The third-order valence-corrected chi connectivity index (χ3v) is 3.52. The van der Waals surface area contributed by atoms with Crippen LogP contribution in [0.1, 0.15) is 39.2 Å². The van der Waals surface area contributed by atoms with Crippen LogP contribution in [0.5, 0.6) is 0 Å². The number of benzene rings is 1. The Morgan fingerprint density at radius 1 is 1.19 bits per heavy atom. The van der Waals surface area contributed by atoms with E-state index in [0.717, 1.165) is 17.7 Å². The van der Waals surface area contributed by atoms with Crippen molar-refractivity contribution in [3.63, 3.8) is 0 Å². The molecule has 1 aliphatic rings. The predicted molar refractivity (Wildman–Crippen MR) is 82.1 cm³/mol. The molecule has 1 aromatic carbocycles. The third kappa shape index (κ3) is 4.18. The lowest BCUT2D eigenvalue weighted by Crippen LogP contribution is -2.38. The number of ketones is 1. The minimum Gasteiger partial charge on any atom is -0.382 e. The standard InChI is InChI=1S/C17H22N2O2/c1-12(20)19-16-14(9-17(2,3)10-15(16)21)18-11-13-7-5-4-6-8-13/h4-8,18H,9-11H2,1-3H3,(H,19,20). The molecule has 2 rings (SSSR count). The van der Waals surface area contributed by atoms with Gasteiger partial charge in [-0.2, -0.15) is 0 Å². The second kappa shape index (κ2) is 6.12. The van der Waals surface area contributed by atoms with E-state index < -0.39 is 0 Å². The summed E-state index contributed by atoms with van der Waals surface area (Å²) in [5, 5.41) is 6.01. The largest absolute Gasteiger partial charge is 0.382 e. The molecule has 0 bridgehead atoms. The van der Waals surface area contributed by atoms with Crippen molar-refractivity contribution in [2.24, 2.45) is 5.41 Å². The molecule has 0 unspecified atom stereocenters. The molecular weight excluding hydrogens is 264 g/mol. The van der Waals surface area contributed by atoms with Gasteiger partial charge in [0.2, 0.25) is 5.91 Å². The third-order valence-electron chi connectivity index (χ3n) is 3.52. The first kappa shape index (κ1) is 15.3. The van der Waals surface area contributed by atoms with Crippen molar-refractivity contribution >= 4 is 11.7 Å². The monoisotopic (exact) mass is 286 g/mol. The Balaban J connectivity index is 2.20. The zero-order valence-electron chi connectivity index (χ0n) is 12.8. The molecule has 0 saturated carbocycles. The summed E-state index contributed by atoms with van der Waals surface area (Å²) in [6, 6.07) is 9.99. The SMILES string of the molecule is CC(=O)NC1=C(NCc2ccccc2)CC(C)(C)CC1=O. The van der Waals surface area contributed by atoms with Crippen LogP contribution in [-0.4, -0.2) is 11.7 Å². The van der Waals surface area contributed by atoms with Gasteiger partial charge in [0.1, 0.15) is 5.70 Å². The van der Waals surface area contributed by atoms with Crippen molar-refractivity contribution < 1.29 is 9.59 Å². The minimum absolute atomic E-state index is 0.00277. The second-order valence-electron chi connectivity index (χ2n) is 6.31. The van der Waals surface area contributed by atoms with Crippen LogP contribution in [0.2, 0.25) is 0 Å². The number of Topliss-reactive ketones (excluding diaryl/α,β-unsaturated/α-hetero) is 1. The van der Waals surface area contributed by atoms with Crippen LogP contribution < -0.4 is 10.6 Å². The summed E-state index contributed by atoms with van der Waals surface area (Å²) in [6.45, 7) is 6.21. The van der Waals surface area contributed by atoms with Crippen molar-refractivity contribution in [2.75, 3.05) is 0 Å². The number of rotatable bonds is 4. The highest BCUT2D eigenvalue weighted by Gasteiger charge is 2.33. The number of carbonyl (C=O) groups is 2. The van der Waals surface area contributed by atoms with Crippen LogP contribution in [-0.2, 0) is 16.1 Å². The van der Waals surface area contributed by atoms with E-state index in [9.17, 15) is 9.59 Å². The maximum Gasteiger partial charge on any atom is 0.221 e. The number of hydrogen-bond acceptors (Lipinski definition) is 3. The molecule has 0 fully saturated rings. The van der Waals surface area contributed by atoms with Crippen molar-refractivity contribution in [3.8, 4) is 0 Å². The molecule has 21 heavy (non-hydrogen) atoms. The van der Waals surface area contributed by atoms with E-state index in [1.807, 2.05) is 30.3 Å². The van der Waals surface area contributed by atoms with Gasteiger partial charge >= 0.3 is 0 Å². The normalized spacial score (nSPS) is 17.6. The maximum absolute atomic E-state index is 12.3. The molecule has 0 radical (unpaired) electrons. The smallest absolute Gasteiger partial charge is 0.221 e. The van der Waals surface area contributed by atoms with Crippen LogP contribution in [0.15, 0.2) is 41.7 Å². The average molecular weight is 286 g/mol. The summed E-state index contributed by atoms with van der Waals surface area (Å²) >= 11 is 0.